The molecule has 1 aliphatic rings. The molecule has 0 aliphatic carbocycles. The van der Waals surface area contributed by atoms with E-state index in [9.17, 15) is 4.79 Å². The van der Waals surface area contributed by atoms with Crippen molar-refractivity contribution in [2.24, 2.45) is 0 Å². The highest BCUT2D eigenvalue weighted by Crippen LogP contribution is 2.25. The van der Waals surface area contributed by atoms with Gasteiger partial charge in [0.1, 0.15) is 5.75 Å². The van der Waals surface area contributed by atoms with Gasteiger partial charge in [0.25, 0.3) is 5.56 Å². The number of ether oxygens (including phenoxy) is 1. The fourth-order valence-corrected chi connectivity index (χ4v) is 3.66. The van der Waals surface area contributed by atoms with Crippen LogP contribution in [0.4, 0.5) is 5.95 Å². The molecule has 1 atom stereocenters. The molecule has 6 nitrogen and oxygen atoms in total. The summed E-state index contributed by atoms with van der Waals surface area (Å²) >= 11 is 0. The van der Waals surface area contributed by atoms with E-state index in [1.165, 1.54) is 5.56 Å². The van der Waals surface area contributed by atoms with Crippen molar-refractivity contribution < 1.29 is 4.74 Å². The van der Waals surface area contributed by atoms with Crippen LogP contribution in [0, 0.1) is 0 Å². The average Bonchev–Trinajstić information content (AvgIpc) is 2.73. The second-order valence-electron chi connectivity index (χ2n) is 7.10. The minimum Gasteiger partial charge on any atom is -0.497 e. The van der Waals surface area contributed by atoms with Crippen LogP contribution >= 0.6 is 0 Å². The third kappa shape index (κ3) is 3.63. The summed E-state index contributed by atoms with van der Waals surface area (Å²) in [5, 5.41) is 0. The number of rotatable bonds is 5. The molecule has 3 aromatic rings. The van der Waals surface area contributed by atoms with Crippen LogP contribution in [0.3, 0.4) is 0 Å². The van der Waals surface area contributed by atoms with Crippen LogP contribution in [-0.2, 0) is 13.0 Å². The van der Waals surface area contributed by atoms with Gasteiger partial charge in [-0.3, -0.25) is 14.3 Å². The first-order valence-corrected chi connectivity index (χ1v) is 9.57. The van der Waals surface area contributed by atoms with E-state index in [0.717, 1.165) is 36.6 Å². The Morgan fingerprint density at radius 2 is 2.00 bits per heavy atom. The number of nitrogens with zero attached hydrogens (tertiary/aromatic N) is 4. The third-order valence-corrected chi connectivity index (χ3v) is 5.30. The van der Waals surface area contributed by atoms with Gasteiger partial charge in [0, 0.05) is 43.2 Å². The van der Waals surface area contributed by atoms with Gasteiger partial charge in [-0.2, -0.15) is 0 Å². The smallest absolute Gasteiger partial charge is 0.255 e. The lowest BCUT2D eigenvalue weighted by Crippen LogP contribution is -2.45. The maximum absolute atomic E-state index is 12.7. The van der Waals surface area contributed by atoms with E-state index in [2.05, 4.69) is 28.9 Å². The molecule has 0 saturated carbocycles. The summed E-state index contributed by atoms with van der Waals surface area (Å²) in [5.41, 5.74) is 2.80. The monoisotopic (exact) mass is 376 g/mol. The number of hydrogen-bond acceptors (Lipinski definition) is 5. The molecule has 0 saturated heterocycles. The van der Waals surface area contributed by atoms with Crippen LogP contribution in [0.25, 0.3) is 11.3 Å². The predicted molar refractivity (Wildman–Crippen MR) is 110 cm³/mol. The van der Waals surface area contributed by atoms with Crippen molar-refractivity contribution in [2.45, 2.75) is 32.4 Å². The van der Waals surface area contributed by atoms with Gasteiger partial charge in [0.2, 0.25) is 5.95 Å². The van der Waals surface area contributed by atoms with Gasteiger partial charge in [-0.15, -0.1) is 0 Å². The van der Waals surface area contributed by atoms with E-state index in [1.54, 1.807) is 30.1 Å². The maximum Gasteiger partial charge on any atom is 0.255 e. The van der Waals surface area contributed by atoms with Crippen LogP contribution in [0.15, 0.2) is 59.7 Å². The molecular weight excluding hydrogens is 352 g/mol. The highest BCUT2D eigenvalue weighted by molar-refractivity contribution is 5.59. The van der Waals surface area contributed by atoms with Crippen LogP contribution in [0.1, 0.15) is 18.9 Å². The molecule has 1 aliphatic heterocycles. The molecule has 0 spiro atoms. The van der Waals surface area contributed by atoms with Crippen LogP contribution in [0.2, 0.25) is 0 Å². The molecule has 28 heavy (non-hydrogen) atoms. The Morgan fingerprint density at radius 1 is 1.18 bits per heavy atom. The van der Waals surface area contributed by atoms with Gasteiger partial charge in [0.05, 0.1) is 12.8 Å². The minimum atomic E-state index is -0.00454. The summed E-state index contributed by atoms with van der Waals surface area (Å²) < 4.78 is 7.12. The highest BCUT2D eigenvalue weighted by atomic mass is 16.5. The SMILES string of the molecule is COc1cccc(CCN2c3nc(-c4ccncc4)cc(=O)n3CCC2C)c1. The summed E-state index contributed by atoms with van der Waals surface area (Å²) in [6.45, 7) is 3.69. The lowest BCUT2D eigenvalue weighted by atomic mass is 10.1. The number of anilines is 1. The highest BCUT2D eigenvalue weighted by Gasteiger charge is 2.25. The minimum absolute atomic E-state index is 0.00454. The van der Waals surface area contributed by atoms with E-state index in [4.69, 9.17) is 9.72 Å². The van der Waals surface area contributed by atoms with Gasteiger partial charge in [0.15, 0.2) is 0 Å². The van der Waals surface area contributed by atoms with Crippen LogP contribution in [-0.4, -0.2) is 34.2 Å². The van der Waals surface area contributed by atoms with Crippen molar-refractivity contribution in [2.75, 3.05) is 18.6 Å². The van der Waals surface area contributed by atoms with Crippen LogP contribution < -0.4 is 15.2 Å². The van der Waals surface area contributed by atoms with Crippen molar-refractivity contribution in [3.8, 4) is 17.0 Å². The van der Waals surface area contributed by atoms with Crippen molar-refractivity contribution in [1.82, 2.24) is 14.5 Å². The average molecular weight is 376 g/mol. The van der Waals surface area contributed by atoms with E-state index in [-0.39, 0.29) is 5.56 Å². The fraction of sp³-hybridized carbons (Fsp3) is 0.318. The molecule has 0 bridgehead atoms. The zero-order valence-electron chi connectivity index (χ0n) is 16.2. The van der Waals surface area contributed by atoms with E-state index in [0.29, 0.717) is 18.3 Å². The van der Waals surface area contributed by atoms with Gasteiger partial charge in [-0.1, -0.05) is 12.1 Å². The molecule has 4 rings (SSSR count). The van der Waals surface area contributed by atoms with Crippen molar-refractivity contribution in [3.63, 3.8) is 0 Å². The second kappa shape index (κ2) is 7.84. The van der Waals surface area contributed by atoms with E-state index < -0.39 is 0 Å². The Labute approximate surface area is 164 Å². The molecule has 1 unspecified atom stereocenters. The first kappa shape index (κ1) is 18.2. The summed E-state index contributed by atoms with van der Waals surface area (Å²) in [6.07, 6.45) is 5.23. The van der Waals surface area contributed by atoms with E-state index in [1.807, 2.05) is 24.3 Å². The molecule has 144 valence electrons. The lowest BCUT2D eigenvalue weighted by Gasteiger charge is -2.36. The molecular formula is C22H24N4O2. The Hall–Kier alpha value is -3.15. The summed E-state index contributed by atoms with van der Waals surface area (Å²) in [5.74, 6) is 1.61. The molecule has 0 amide bonds. The predicted octanol–water partition coefficient (Wildman–Crippen LogP) is 3.16. The van der Waals surface area contributed by atoms with Crippen LogP contribution in [0.5, 0.6) is 5.75 Å². The molecule has 1 aromatic carbocycles. The van der Waals surface area contributed by atoms with Gasteiger partial charge < -0.3 is 9.64 Å². The third-order valence-electron chi connectivity index (χ3n) is 5.30. The molecule has 0 radical (unpaired) electrons. The number of pyridine rings is 1. The number of fused-ring (bicyclic) bond motifs is 1. The Balaban J connectivity index is 1.66. The normalized spacial score (nSPS) is 15.9. The Morgan fingerprint density at radius 3 is 2.79 bits per heavy atom. The van der Waals surface area contributed by atoms with Crippen molar-refractivity contribution >= 4 is 5.95 Å². The lowest BCUT2D eigenvalue weighted by molar-refractivity contribution is 0.414. The fourth-order valence-electron chi connectivity index (χ4n) is 3.66. The zero-order chi connectivity index (χ0) is 19.5. The molecule has 3 heterocycles. The van der Waals surface area contributed by atoms with Gasteiger partial charge in [-0.25, -0.2) is 4.98 Å². The Bertz CT molecular complexity index is 1020. The largest absolute Gasteiger partial charge is 0.497 e. The van der Waals surface area contributed by atoms with Gasteiger partial charge >= 0.3 is 0 Å². The number of benzene rings is 1. The summed E-state index contributed by atoms with van der Waals surface area (Å²) in [6, 6.07) is 13.8. The molecule has 2 aromatic heterocycles. The molecule has 0 N–H and O–H groups in total. The van der Waals surface area contributed by atoms with E-state index >= 15 is 0 Å². The zero-order valence-corrected chi connectivity index (χ0v) is 16.2. The summed E-state index contributed by atoms with van der Waals surface area (Å²) in [4.78, 5) is 23.9. The Kier molecular flexibility index (Phi) is 5.10. The number of hydrogen-bond donors (Lipinski definition) is 0. The van der Waals surface area contributed by atoms with Crippen molar-refractivity contribution in [3.05, 3.63) is 70.8 Å². The summed E-state index contributed by atoms with van der Waals surface area (Å²) in [7, 11) is 1.68. The standard InChI is InChI=1S/C22H24N4O2/c1-16-8-12-26-21(27)15-20(18-6-10-23-11-7-18)24-22(26)25(16)13-9-17-4-3-5-19(14-17)28-2/h3-7,10-11,14-16H,8-9,12-13H2,1-2H3. The molecule has 0 fully saturated rings. The maximum atomic E-state index is 12.7. The first-order valence-electron chi connectivity index (χ1n) is 9.57. The number of methoxy groups -OCH3 is 1. The second-order valence-corrected chi connectivity index (χ2v) is 7.10. The van der Waals surface area contributed by atoms with Gasteiger partial charge in [-0.05, 0) is 49.6 Å². The quantitative estimate of drug-likeness (QED) is 0.685. The first-order chi connectivity index (χ1) is 13.7. The topological polar surface area (TPSA) is 60.2 Å². The van der Waals surface area contributed by atoms with Crippen molar-refractivity contribution in [1.29, 1.82) is 0 Å². The molecule has 6 heteroatoms. The number of aromatic nitrogens is 3.